The maximum absolute atomic E-state index is 13.2. The zero-order valence-corrected chi connectivity index (χ0v) is 11.7. The van der Waals surface area contributed by atoms with Crippen molar-refractivity contribution >= 4 is 34.8 Å². The Balaban J connectivity index is 2.66. The van der Waals surface area contributed by atoms with E-state index in [9.17, 15) is 17.6 Å². The molecule has 2 rings (SSSR count). The van der Waals surface area contributed by atoms with Gasteiger partial charge in [0.15, 0.2) is 11.5 Å². The minimum Gasteiger partial charge on any atom is -0.240 e. The van der Waals surface area contributed by atoms with E-state index in [1.165, 1.54) is 12.1 Å². The van der Waals surface area contributed by atoms with E-state index in [4.69, 9.17) is 34.8 Å². The average molecular weight is 345 g/mol. The third-order valence-corrected chi connectivity index (χ3v) is 3.19. The van der Waals surface area contributed by atoms with E-state index in [0.717, 1.165) is 6.07 Å². The smallest absolute Gasteiger partial charge is 0.240 e. The highest BCUT2D eigenvalue weighted by Crippen LogP contribution is 2.38. The van der Waals surface area contributed by atoms with Crippen LogP contribution in [0.4, 0.5) is 17.6 Å². The third kappa shape index (κ3) is 3.00. The predicted octanol–water partition coefficient (Wildman–Crippen LogP) is 5.87. The normalized spacial score (nSPS) is 11.8. The van der Waals surface area contributed by atoms with Crippen LogP contribution in [0.15, 0.2) is 24.3 Å². The number of pyridine rings is 1. The molecule has 0 bridgehead atoms. The molecule has 1 nitrogen and oxygen atoms in total. The van der Waals surface area contributed by atoms with Gasteiger partial charge in [0.25, 0.3) is 0 Å². The van der Waals surface area contributed by atoms with Crippen LogP contribution in [0.3, 0.4) is 0 Å². The van der Waals surface area contributed by atoms with Crippen LogP contribution in [0.25, 0.3) is 11.3 Å². The highest BCUT2D eigenvalue weighted by Gasteiger charge is 2.36. The summed E-state index contributed by atoms with van der Waals surface area (Å²) < 4.78 is 51.0. The second-order valence-electron chi connectivity index (χ2n) is 3.77. The summed E-state index contributed by atoms with van der Waals surface area (Å²) in [6, 6.07) is 4.34. The molecule has 1 heterocycles. The van der Waals surface area contributed by atoms with Crippen molar-refractivity contribution in [2.24, 2.45) is 0 Å². The number of hydrogen-bond donors (Lipinski definition) is 0. The Hall–Kier alpha value is -1.04. The first-order valence-corrected chi connectivity index (χ1v) is 6.22. The van der Waals surface area contributed by atoms with Crippen LogP contribution < -0.4 is 0 Å². The van der Waals surface area contributed by atoms with Gasteiger partial charge in [-0.05, 0) is 24.3 Å². The molecule has 8 heteroatoms. The standard InChI is InChI=1S/C12H4Cl3F4N/c13-5-3-6(14)10(7(15)4-5)9-2-1-8(16)11(20-9)12(17,18)19/h1-4H. The minimum atomic E-state index is -4.91. The van der Waals surface area contributed by atoms with Crippen molar-refractivity contribution in [3.8, 4) is 11.3 Å². The molecule has 1 aromatic heterocycles. The van der Waals surface area contributed by atoms with Crippen molar-refractivity contribution < 1.29 is 17.6 Å². The Labute approximate surface area is 126 Å². The van der Waals surface area contributed by atoms with E-state index in [2.05, 4.69) is 4.98 Å². The summed E-state index contributed by atoms with van der Waals surface area (Å²) in [6.45, 7) is 0. The molecule has 20 heavy (non-hydrogen) atoms. The molecule has 1 aromatic carbocycles. The van der Waals surface area contributed by atoms with E-state index in [-0.39, 0.29) is 26.3 Å². The molecule has 0 spiro atoms. The lowest BCUT2D eigenvalue weighted by Crippen LogP contribution is -2.11. The minimum absolute atomic E-state index is 0.0229. The molecule has 0 radical (unpaired) electrons. The van der Waals surface area contributed by atoms with Crippen LogP contribution in [0.1, 0.15) is 5.69 Å². The number of halogens is 7. The largest absolute Gasteiger partial charge is 0.436 e. The number of aromatic nitrogens is 1. The first kappa shape index (κ1) is 15.4. The van der Waals surface area contributed by atoms with Crippen LogP contribution in [-0.2, 0) is 6.18 Å². The molecule has 0 N–H and O–H groups in total. The van der Waals surface area contributed by atoms with Crippen molar-refractivity contribution in [1.29, 1.82) is 0 Å². The average Bonchev–Trinajstić information content (AvgIpc) is 2.28. The first-order valence-electron chi connectivity index (χ1n) is 5.09. The van der Waals surface area contributed by atoms with Gasteiger partial charge < -0.3 is 0 Å². The van der Waals surface area contributed by atoms with E-state index in [0.29, 0.717) is 6.07 Å². The Morgan fingerprint density at radius 2 is 1.50 bits per heavy atom. The monoisotopic (exact) mass is 343 g/mol. The number of hydrogen-bond acceptors (Lipinski definition) is 1. The molecule has 0 atom stereocenters. The van der Waals surface area contributed by atoms with Crippen molar-refractivity contribution in [3.63, 3.8) is 0 Å². The molecular weight excluding hydrogens is 340 g/mol. The summed E-state index contributed by atoms with van der Waals surface area (Å²) >= 11 is 17.5. The first-order chi connectivity index (χ1) is 9.20. The Morgan fingerprint density at radius 1 is 0.950 bits per heavy atom. The van der Waals surface area contributed by atoms with Gasteiger partial charge in [0, 0.05) is 10.6 Å². The predicted molar refractivity (Wildman–Crippen MR) is 69.7 cm³/mol. The quantitative estimate of drug-likeness (QED) is 0.590. The van der Waals surface area contributed by atoms with Gasteiger partial charge in [-0.3, -0.25) is 0 Å². The lowest BCUT2D eigenvalue weighted by Gasteiger charge is -2.11. The van der Waals surface area contributed by atoms with Gasteiger partial charge >= 0.3 is 6.18 Å². The highest BCUT2D eigenvalue weighted by atomic mass is 35.5. The Morgan fingerprint density at radius 3 is 2.00 bits per heavy atom. The number of nitrogens with zero attached hydrogens (tertiary/aromatic N) is 1. The van der Waals surface area contributed by atoms with E-state index >= 15 is 0 Å². The molecule has 0 saturated carbocycles. The van der Waals surface area contributed by atoms with Crippen molar-refractivity contribution in [1.82, 2.24) is 4.98 Å². The zero-order chi connectivity index (χ0) is 15.1. The molecule has 0 aliphatic heterocycles. The van der Waals surface area contributed by atoms with Crippen LogP contribution >= 0.6 is 34.8 Å². The number of rotatable bonds is 1. The SMILES string of the molecule is Fc1ccc(-c2c(Cl)cc(Cl)cc2Cl)nc1C(F)(F)F. The fourth-order valence-electron chi connectivity index (χ4n) is 1.57. The molecule has 106 valence electrons. The van der Waals surface area contributed by atoms with Gasteiger partial charge in [0.2, 0.25) is 0 Å². The molecule has 0 fully saturated rings. The summed E-state index contributed by atoms with van der Waals surface area (Å²) in [6.07, 6.45) is -4.91. The highest BCUT2D eigenvalue weighted by molar-refractivity contribution is 6.41. The second kappa shape index (κ2) is 5.39. The molecule has 0 amide bonds. The molecule has 0 aliphatic rings. The van der Waals surface area contributed by atoms with Crippen LogP contribution in [0, 0.1) is 5.82 Å². The summed E-state index contributed by atoms with van der Waals surface area (Å²) in [5.41, 5.74) is -1.76. The molecule has 0 unspecified atom stereocenters. The Kier molecular flexibility index (Phi) is 4.14. The number of benzene rings is 1. The van der Waals surface area contributed by atoms with Crippen LogP contribution in [0.5, 0.6) is 0 Å². The van der Waals surface area contributed by atoms with Crippen LogP contribution in [-0.4, -0.2) is 4.98 Å². The van der Waals surface area contributed by atoms with Crippen LogP contribution in [0.2, 0.25) is 15.1 Å². The van der Waals surface area contributed by atoms with Gasteiger partial charge in [-0.15, -0.1) is 0 Å². The van der Waals surface area contributed by atoms with Gasteiger partial charge in [0.1, 0.15) is 0 Å². The lowest BCUT2D eigenvalue weighted by atomic mass is 10.1. The molecule has 0 aliphatic carbocycles. The second-order valence-corrected chi connectivity index (χ2v) is 5.02. The van der Waals surface area contributed by atoms with Gasteiger partial charge in [-0.25, -0.2) is 9.37 Å². The van der Waals surface area contributed by atoms with E-state index < -0.39 is 17.7 Å². The molecular formula is C12H4Cl3F4N. The maximum atomic E-state index is 13.2. The van der Waals surface area contributed by atoms with Gasteiger partial charge in [0.05, 0.1) is 15.7 Å². The number of alkyl halides is 3. The molecule has 2 aromatic rings. The summed E-state index contributed by atoms with van der Waals surface area (Å²) in [7, 11) is 0. The van der Waals surface area contributed by atoms with Crippen molar-refractivity contribution in [3.05, 3.63) is 50.8 Å². The Bertz CT molecular complexity index is 647. The fourth-order valence-corrected chi connectivity index (χ4v) is 2.58. The van der Waals surface area contributed by atoms with Crippen molar-refractivity contribution in [2.75, 3.05) is 0 Å². The van der Waals surface area contributed by atoms with Gasteiger partial charge in [-0.2, -0.15) is 13.2 Å². The maximum Gasteiger partial charge on any atom is 0.436 e. The van der Waals surface area contributed by atoms with Gasteiger partial charge in [-0.1, -0.05) is 34.8 Å². The summed E-state index contributed by atoms with van der Waals surface area (Å²) in [5.74, 6) is -1.47. The zero-order valence-electron chi connectivity index (χ0n) is 9.40. The summed E-state index contributed by atoms with van der Waals surface area (Å²) in [4.78, 5) is 3.25. The lowest BCUT2D eigenvalue weighted by molar-refractivity contribution is -0.143. The fraction of sp³-hybridized carbons (Fsp3) is 0.0833. The van der Waals surface area contributed by atoms with E-state index in [1.54, 1.807) is 0 Å². The van der Waals surface area contributed by atoms with Crippen molar-refractivity contribution in [2.45, 2.75) is 6.18 Å². The molecule has 0 saturated heterocycles. The topological polar surface area (TPSA) is 12.9 Å². The third-order valence-electron chi connectivity index (χ3n) is 2.38. The van der Waals surface area contributed by atoms with E-state index in [1.807, 2.05) is 0 Å². The summed E-state index contributed by atoms with van der Waals surface area (Å²) in [5, 5.41) is 0.270.